The minimum absolute atomic E-state index is 0.0521. The number of benzene rings is 2. The molecule has 0 saturated carbocycles. The molecule has 0 aliphatic carbocycles. The fraction of sp³-hybridized carbons (Fsp3) is 0.0667. The van der Waals surface area contributed by atoms with Crippen LogP contribution in [0, 0.1) is 18.6 Å². The number of hydrogen-bond donors (Lipinski definition) is 2. The first-order chi connectivity index (χ1) is 9.90. The van der Waals surface area contributed by atoms with Crippen molar-refractivity contribution in [3.05, 3.63) is 64.7 Å². The van der Waals surface area contributed by atoms with Gasteiger partial charge in [0, 0.05) is 6.07 Å². The van der Waals surface area contributed by atoms with Gasteiger partial charge in [-0.05, 0) is 30.7 Å². The second kappa shape index (κ2) is 5.70. The fourth-order valence-electron chi connectivity index (χ4n) is 1.92. The molecule has 0 radical (unpaired) electrons. The molecule has 6 heteroatoms. The summed E-state index contributed by atoms with van der Waals surface area (Å²) in [5, 5.41) is 11.5. The molecule has 0 fully saturated rings. The van der Waals surface area contributed by atoms with Crippen LogP contribution >= 0.6 is 0 Å². The number of nitrogens with one attached hydrogen (secondary N) is 1. The van der Waals surface area contributed by atoms with Crippen molar-refractivity contribution in [3.63, 3.8) is 0 Å². The van der Waals surface area contributed by atoms with Crippen LogP contribution in [0.4, 0.5) is 14.5 Å². The summed E-state index contributed by atoms with van der Waals surface area (Å²) in [7, 11) is 0. The molecule has 0 aromatic heterocycles. The van der Waals surface area contributed by atoms with Gasteiger partial charge in [0.15, 0.2) is 0 Å². The van der Waals surface area contributed by atoms with Crippen molar-refractivity contribution in [2.45, 2.75) is 6.92 Å². The van der Waals surface area contributed by atoms with Crippen molar-refractivity contribution < 1.29 is 23.5 Å². The quantitative estimate of drug-likeness (QED) is 0.912. The van der Waals surface area contributed by atoms with Crippen molar-refractivity contribution in [1.29, 1.82) is 0 Å². The van der Waals surface area contributed by atoms with E-state index in [-0.39, 0.29) is 16.8 Å². The molecule has 0 heterocycles. The maximum atomic E-state index is 13.5. The lowest BCUT2D eigenvalue weighted by molar-refractivity contribution is 0.0697. The SMILES string of the molecule is Cc1cccc(NC(=O)c2ccc(F)cc2F)c1C(=O)O. The average molecular weight is 291 g/mol. The van der Waals surface area contributed by atoms with Crippen molar-refractivity contribution in [3.8, 4) is 0 Å². The largest absolute Gasteiger partial charge is 0.478 e. The summed E-state index contributed by atoms with van der Waals surface area (Å²) in [6.45, 7) is 1.58. The van der Waals surface area contributed by atoms with Crippen LogP contribution in [-0.2, 0) is 0 Å². The number of aryl methyl sites for hydroxylation is 1. The second-order valence-corrected chi connectivity index (χ2v) is 4.38. The molecular formula is C15H11F2NO3. The van der Waals surface area contributed by atoms with Gasteiger partial charge < -0.3 is 10.4 Å². The van der Waals surface area contributed by atoms with Gasteiger partial charge in [-0.1, -0.05) is 12.1 Å². The number of halogens is 2. The zero-order chi connectivity index (χ0) is 15.6. The highest BCUT2D eigenvalue weighted by molar-refractivity contribution is 6.08. The van der Waals surface area contributed by atoms with Crippen LogP contribution in [0.25, 0.3) is 0 Å². The van der Waals surface area contributed by atoms with E-state index < -0.39 is 23.5 Å². The molecule has 2 N–H and O–H groups in total. The molecule has 108 valence electrons. The zero-order valence-corrected chi connectivity index (χ0v) is 11.0. The number of carbonyl (C=O) groups is 2. The van der Waals surface area contributed by atoms with Crippen LogP contribution in [0.1, 0.15) is 26.3 Å². The van der Waals surface area contributed by atoms with Crippen molar-refractivity contribution in [2.75, 3.05) is 5.32 Å². The Balaban J connectivity index is 2.36. The van der Waals surface area contributed by atoms with Gasteiger partial charge in [0.25, 0.3) is 5.91 Å². The third kappa shape index (κ3) is 3.05. The van der Waals surface area contributed by atoms with Crippen LogP contribution in [0.5, 0.6) is 0 Å². The van der Waals surface area contributed by atoms with Gasteiger partial charge in [-0.3, -0.25) is 4.79 Å². The first-order valence-corrected chi connectivity index (χ1v) is 5.99. The Hall–Kier alpha value is -2.76. The number of anilines is 1. The summed E-state index contributed by atoms with van der Waals surface area (Å²) in [5.41, 5.74) is 0.0683. The van der Waals surface area contributed by atoms with Gasteiger partial charge in [0.05, 0.1) is 16.8 Å². The number of carbonyl (C=O) groups excluding carboxylic acids is 1. The molecule has 2 aromatic carbocycles. The minimum atomic E-state index is -1.21. The van der Waals surface area contributed by atoms with Crippen molar-refractivity contribution in [1.82, 2.24) is 0 Å². The molecule has 0 aliphatic heterocycles. The van der Waals surface area contributed by atoms with E-state index in [2.05, 4.69) is 5.32 Å². The molecule has 0 bridgehead atoms. The Labute approximate surface area is 119 Å². The Morgan fingerprint density at radius 3 is 2.48 bits per heavy atom. The van der Waals surface area contributed by atoms with Crippen molar-refractivity contribution in [2.24, 2.45) is 0 Å². The summed E-state index contributed by atoms with van der Waals surface area (Å²) >= 11 is 0. The van der Waals surface area contributed by atoms with Crippen LogP contribution in [0.2, 0.25) is 0 Å². The smallest absolute Gasteiger partial charge is 0.338 e. The number of aromatic carboxylic acids is 1. The van der Waals surface area contributed by atoms with E-state index >= 15 is 0 Å². The normalized spacial score (nSPS) is 10.2. The highest BCUT2D eigenvalue weighted by atomic mass is 19.1. The molecule has 2 aromatic rings. The van der Waals surface area contributed by atoms with Crippen LogP contribution in [-0.4, -0.2) is 17.0 Å². The number of amides is 1. The van der Waals surface area contributed by atoms with E-state index in [1.165, 1.54) is 6.07 Å². The Kier molecular flexibility index (Phi) is 3.98. The molecular weight excluding hydrogens is 280 g/mol. The third-order valence-electron chi connectivity index (χ3n) is 2.91. The summed E-state index contributed by atoms with van der Waals surface area (Å²) in [4.78, 5) is 23.2. The molecule has 0 aliphatic rings. The van der Waals surface area contributed by atoms with Crippen LogP contribution in [0.15, 0.2) is 36.4 Å². The molecule has 0 unspecified atom stereocenters. The highest BCUT2D eigenvalue weighted by Crippen LogP contribution is 2.21. The second-order valence-electron chi connectivity index (χ2n) is 4.38. The molecule has 2 rings (SSSR count). The van der Waals surface area contributed by atoms with Crippen LogP contribution in [0.3, 0.4) is 0 Å². The zero-order valence-electron chi connectivity index (χ0n) is 11.0. The standard InChI is InChI=1S/C15H11F2NO3/c1-8-3-2-4-12(13(8)15(20)21)18-14(19)10-6-5-9(16)7-11(10)17/h2-7H,1H3,(H,18,19)(H,20,21). The molecule has 0 spiro atoms. The minimum Gasteiger partial charge on any atom is -0.478 e. The van der Waals surface area contributed by atoms with E-state index in [4.69, 9.17) is 5.11 Å². The Bertz CT molecular complexity index is 729. The van der Waals surface area contributed by atoms with E-state index in [1.54, 1.807) is 19.1 Å². The maximum absolute atomic E-state index is 13.5. The average Bonchev–Trinajstić information content (AvgIpc) is 2.37. The summed E-state index contributed by atoms with van der Waals surface area (Å²) in [6.07, 6.45) is 0. The highest BCUT2D eigenvalue weighted by Gasteiger charge is 2.17. The third-order valence-corrected chi connectivity index (χ3v) is 2.91. The van der Waals surface area contributed by atoms with Gasteiger partial charge >= 0.3 is 5.97 Å². The molecule has 4 nitrogen and oxygen atoms in total. The lowest BCUT2D eigenvalue weighted by Gasteiger charge is -2.11. The van der Waals surface area contributed by atoms with E-state index in [0.29, 0.717) is 11.6 Å². The van der Waals surface area contributed by atoms with Gasteiger partial charge in [0.1, 0.15) is 11.6 Å². The molecule has 1 amide bonds. The monoisotopic (exact) mass is 291 g/mol. The summed E-state index contributed by atoms with van der Waals surface area (Å²) in [6, 6.07) is 7.08. The lowest BCUT2D eigenvalue weighted by atomic mass is 10.1. The van der Waals surface area contributed by atoms with Gasteiger partial charge in [-0.25, -0.2) is 13.6 Å². The van der Waals surface area contributed by atoms with E-state index in [1.807, 2.05) is 0 Å². The van der Waals surface area contributed by atoms with E-state index in [9.17, 15) is 18.4 Å². The first-order valence-electron chi connectivity index (χ1n) is 5.99. The molecule has 0 atom stereocenters. The van der Waals surface area contributed by atoms with Gasteiger partial charge in [0.2, 0.25) is 0 Å². The van der Waals surface area contributed by atoms with E-state index in [0.717, 1.165) is 12.1 Å². The Morgan fingerprint density at radius 1 is 1.14 bits per heavy atom. The van der Waals surface area contributed by atoms with Crippen molar-refractivity contribution >= 4 is 17.6 Å². The number of carboxylic acid groups (broad SMARTS) is 1. The maximum Gasteiger partial charge on any atom is 0.338 e. The lowest BCUT2D eigenvalue weighted by Crippen LogP contribution is -2.17. The fourth-order valence-corrected chi connectivity index (χ4v) is 1.92. The molecule has 0 saturated heterocycles. The van der Waals surface area contributed by atoms with Gasteiger partial charge in [-0.2, -0.15) is 0 Å². The summed E-state index contributed by atoms with van der Waals surface area (Å²) < 4.78 is 26.3. The topological polar surface area (TPSA) is 66.4 Å². The number of carboxylic acids is 1. The predicted molar refractivity (Wildman–Crippen MR) is 72.4 cm³/mol. The molecule has 21 heavy (non-hydrogen) atoms. The summed E-state index contributed by atoms with van der Waals surface area (Å²) in [5.74, 6) is -3.87. The number of hydrogen-bond acceptors (Lipinski definition) is 2. The first kappa shape index (κ1) is 14.6. The number of rotatable bonds is 3. The predicted octanol–water partition coefficient (Wildman–Crippen LogP) is 3.22. The van der Waals surface area contributed by atoms with Gasteiger partial charge in [-0.15, -0.1) is 0 Å². The Morgan fingerprint density at radius 2 is 1.86 bits per heavy atom. The van der Waals surface area contributed by atoms with Crippen LogP contribution < -0.4 is 5.32 Å².